The molecule has 1 spiro atoms. The van der Waals surface area contributed by atoms with Crippen molar-refractivity contribution in [3.05, 3.63) is 29.8 Å². The second-order valence-electron chi connectivity index (χ2n) is 6.62. The molecule has 1 saturated heterocycles. The van der Waals surface area contributed by atoms with Crippen molar-refractivity contribution in [2.24, 2.45) is 0 Å². The quantitative estimate of drug-likeness (QED) is 0.858. The number of hydrogen-bond donors (Lipinski definition) is 0. The third-order valence-electron chi connectivity index (χ3n) is 5.14. The monoisotopic (exact) mass is 319 g/mol. The van der Waals surface area contributed by atoms with E-state index in [9.17, 15) is 4.79 Å². The molecular formula is C18H25NO4. The summed E-state index contributed by atoms with van der Waals surface area (Å²) >= 11 is 0. The van der Waals surface area contributed by atoms with E-state index < -0.39 is 11.2 Å². The molecule has 0 aromatic heterocycles. The average Bonchev–Trinajstić information content (AvgIpc) is 3.04. The van der Waals surface area contributed by atoms with Gasteiger partial charge >= 0.3 is 0 Å². The van der Waals surface area contributed by atoms with Crippen LogP contribution in [0.1, 0.15) is 31.2 Å². The van der Waals surface area contributed by atoms with E-state index in [1.807, 2.05) is 38.4 Å². The fraction of sp³-hybridized carbons (Fsp3) is 0.611. The van der Waals surface area contributed by atoms with Crippen LogP contribution >= 0.6 is 0 Å². The SMILES string of the molecule is COc1ccc(C2(C(=O)N(C)C)CCC3(CC2)OCCO3)cc1. The third-order valence-corrected chi connectivity index (χ3v) is 5.14. The van der Waals surface area contributed by atoms with E-state index in [0.29, 0.717) is 13.2 Å². The highest BCUT2D eigenvalue weighted by atomic mass is 16.7. The van der Waals surface area contributed by atoms with Gasteiger partial charge in [-0.25, -0.2) is 0 Å². The van der Waals surface area contributed by atoms with Crippen LogP contribution in [0.3, 0.4) is 0 Å². The Labute approximate surface area is 137 Å². The number of likely N-dealkylation sites (N-methyl/N-ethyl adjacent to an activating group) is 1. The molecule has 5 nitrogen and oxygen atoms in total. The Kier molecular flexibility index (Phi) is 4.34. The van der Waals surface area contributed by atoms with Gasteiger partial charge in [-0.15, -0.1) is 0 Å². The lowest BCUT2D eigenvalue weighted by molar-refractivity contribution is -0.187. The van der Waals surface area contributed by atoms with Crippen LogP contribution in [0, 0.1) is 0 Å². The first-order chi connectivity index (χ1) is 11.0. The van der Waals surface area contributed by atoms with Gasteiger partial charge in [0.05, 0.1) is 25.7 Å². The van der Waals surface area contributed by atoms with Crippen molar-refractivity contribution in [3.63, 3.8) is 0 Å². The zero-order valence-electron chi connectivity index (χ0n) is 14.1. The molecule has 1 aliphatic heterocycles. The van der Waals surface area contributed by atoms with Crippen LogP contribution in [0.25, 0.3) is 0 Å². The highest BCUT2D eigenvalue weighted by Crippen LogP contribution is 2.47. The highest BCUT2D eigenvalue weighted by Gasteiger charge is 2.51. The Balaban J connectivity index is 1.90. The number of amides is 1. The summed E-state index contributed by atoms with van der Waals surface area (Å²) in [6.45, 7) is 1.30. The smallest absolute Gasteiger partial charge is 0.232 e. The molecule has 0 atom stereocenters. The van der Waals surface area contributed by atoms with E-state index in [2.05, 4.69) is 0 Å². The summed E-state index contributed by atoms with van der Waals surface area (Å²) in [4.78, 5) is 14.7. The van der Waals surface area contributed by atoms with E-state index in [1.54, 1.807) is 12.0 Å². The number of hydrogen-bond acceptors (Lipinski definition) is 4. The number of ether oxygens (including phenoxy) is 3. The summed E-state index contributed by atoms with van der Waals surface area (Å²) < 4.78 is 16.9. The summed E-state index contributed by atoms with van der Waals surface area (Å²) in [5, 5.41) is 0. The molecule has 1 aliphatic carbocycles. The maximum Gasteiger partial charge on any atom is 0.232 e. The van der Waals surface area contributed by atoms with Crippen LogP contribution in [0.15, 0.2) is 24.3 Å². The number of benzene rings is 1. The fourth-order valence-corrected chi connectivity index (χ4v) is 3.81. The fourth-order valence-electron chi connectivity index (χ4n) is 3.81. The van der Waals surface area contributed by atoms with Crippen LogP contribution in [-0.4, -0.2) is 51.0 Å². The minimum atomic E-state index is -0.504. The zero-order valence-corrected chi connectivity index (χ0v) is 14.1. The maximum absolute atomic E-state index is 13.0. The summed E-state index contributed by atoms with van der Waals surface area (Å²) in [6.07, 6.45) is 2.96. The van der Waals surface area contributed by atoms with E-state index in [-0.39, 0.29) is 5.91 Å². The lowest BCUT2D eigenvalue weighted by Gasteiger charge is -2.44. The molecule has 3 rings (SSSR count). The topological polar surface area (TPSA) is 48.0 Å². The van der Waals surface area contributed by atoms with Gasteiger partial charge in [0, 0.05) is 26.9 Å². The van der Waals surface area contributed by atoms with Gasteiger partial charge in [0.1, 0.15) is 5.75 Å². The number of rotatable bonds is 3. The van der Waals surface area contributed by atoms with Gasteiger partial charge in [0.15, 0.2) is 5.79 Å². The van der Waals surface area contributed by atoms with Crippen LogP contribution in [0.2, 0.25) is 0 Å². The van der Waals surface area contributed by atoms with Gasteiger partial charge in [-0.2, -0.15) is 0 Å². The molecule has 126 valence electrons. The van der Waals surface area contributed by atoms with Gasteiger partial charge in [-0.1, -0.05) is 12.1 Å². The van der Waals surface area contributed by atoms with Crippen LogP contribution in [-0.2, 0) is 19.7 Å². The van der Waals surface area contributed by atoms with Crippen LogP contribution in [0.5, 0.6) is 5.75 Å². The van der Waals surface area contributed by atoms with Crippen molar-refractivity contribution in [2.45, 2.75) is 36.9 Å². The van der Waals surface area contributed by atoms with Crippen molar-refractivity contribution in [3.8, 4) is 5.75 Å². The number of nitrogens with zero attached hydrogens (tertiary/aromatic N) is 1. The highest BCUT2D eigenvalue weighted by molar-refractivity contribution is 5.88. The zero-order chi connectivity index (χ0) is 16.5. The van der Waals surface area contributed by atoms with Gasteiger partial charge in [0.2, 0.25) is 5.91 Å². The van der Waals surface area contributed by atoms with Gasteiger partial charge in [0.25, 0.3) is 0 Å². The average molecular weight is 319 g/mol. The minimum absolute atomic E-state index is 0.149. The number of methoxy groups -OCH3 is 1. The molecule has 1 amide bonds. The summed E-state index contributed by atoms with van der Waals surface area (Å²) in [6, 6.07) is 7.86. The molecule has 0 bridgehead atoms. The van der Waals surface area contributed by atoms with Crippen LogP contribution in [0.4, 0.5) is 0 Å². The van der Waals surface area contributed by atoms with E-state index >= 15 is 0 Å². The predicted molar refractivity (Wildman–Crippen MR) is 86.5 cm³/mol. The standard InChI is InChI=1S/C18H25NO4/c1-19(2)16(20)17(14-4-6-15(21-3)7-5-14)8-10-18(11-9-17)22-12-13-23-18/h4-7H,8-13H2,1-3H3. The first-order valence-corrected chi connectivity index (χ1v) is 8.16. The van der Waals surface area contributed by atoms with Gasteiger partial charge < -0.3 is 19.1 Å². The number of carbonyl (C=O) groups is 1. The second-order valence-corrected chi connectivity index (χ2v) is 6.62. The minimum Gasteiger partial charge on any atom is -0.497 e. The van der Waals surface area contributed by atoms with Crippen molar-refractivity contribution < 1.29 is 19.0 Å². The molecule has 1 aromatic carbocycles. The Morgan fingerprint density at radius 2 is 1.61 bits per heavy atom. The Bertz CT molecular complexity index is 551. The Morgan fingerprint density at radius 3 is 2.09 bits per heavy atom. The molecule has 0 N–H and O–H groups in total. The van der Waals surface area contributed by atoms with Crippen molar-refractivity contribution in [2.75, 3.05) is 34.4 Å². The molecule has 23 heavy (non-hydrogen) atoms. The van der Waals surface area contributed by atoms with Crippen molar-refractivity contribution in [1.82, 2.24) is 4.90 Å². The Morgan fingerprint density at radius 1 is 1.04 bits per heavy atom. The second kappa shape index (κ2) is 6.13. The molecule has 2 aliphatic rings. The molecular weight excluding hydrogens is 294 g/mol. The molecule has 1 heterocycles. The summed E-state index contributed by atoms with van der Waals surface area (Å²) in [7, 11) is 5.29. The largest absolute Gasteiger partial charge is 0.497 e. The normalized spacial score (nSPS) is 22.0. The molecule has 2 fully saturated rings. The first kappa shape index (κ1) is 16.3. The van der Waals surface area contributed by atoms with Crippen LogP contribution < -0.4 is 4.74 Å². The maximum atomic E-state index is 13.0. The van der Waals surface area contributed by atoms with Gasteiger partial charge in [-0.3, -0.25) is 4.79 Å². The molecule has 5 heteroatoms. The molecule has 0 unspecified atom stereocenters. The lowest BCUT2D eigenvalue weighted by Crippen LogP contribution is -2.50. The molecule has 0 radical (unpaired) electrons. The Hall–Kier alpha value is -1.59. The lowest BCUT2D eigenvalue weighted by atomic mass is 9.67. The number of carbonyl (C=O) groups excluding carboxylic acids is 1. The van der Waals surface area contributed by atoms with E-state index in [0.717, 1.165) is 37.0 Å². The molecule has 1 saturated carbocycles. The van der Waals surface area contributed by atoms with Crippen molar-refractivity contribution >= 4 is 5.91 Å². The predicted octanol–water partition coefficient (Wildman–Crippen LogP) is 2.34. The first-order valence-electron chi connectivity index (χ1n) is 8.16. The summed E-state index contributed by atoms with van der Waals surface area (Å²) in [5.74, 6) is 0.481. The molecule has 1 aromatic rings. The van der Waals surface area contributed by atoms with E-state index in [4.69, 9.17) is 14.2 Å². The van der Waals surface area contributed by atoms with E-state index in [1.165, 1.54) is 0 Å². The third kappa shape index (κ3) is 2.83. The van der Waals surface area contributed by atoms with Gasteiger partial charge in [-0.05, 0) is 30.5 Å². The van der Waals surface area contributed by atoms with Crippen molar-refractivity contribution in [1.29, 1.82) is 0 Å². The summed E-state index contributed by atoms with van der Waals surface area (Å²) in [5.41, 5.74) is 0.543.